The van der Waals surface area contributed by atoms with E-state index in [4.69, 9.17) is 20.4 Å². The fourth-order valence-electron chi connectivity index (χ4n) is 0.514. The fraction of sp³-hybridized carbons (Fsp3) is 0.750. The first-order valence-electron chi connectivity index (χ1n) is 4.31. The zero-order chi connectivity index (χ0) is 13.1. The number of aliphatic hydroxyl groups excluding tert-OH is 4. The minimum absolute atomic E-state index is 0. The van der Waals surface area contributed by atoms with E-state index in [9.17, 15) is 19.8 Å². The molecule has 9 heteroatoms. The third-order valence-corrected chi connectivity index (χ3v) is 1.23. The molecule has 0 bridgehead atoms. The Labute approximate surface area is 128 Å². The van der Waals surface area contributed by atoms with Crippen molar-refractivity contribution in [2.45, 2.75) is 25.0 Å². The third-order valence-electron chi connectivity index (χ3n) is 1.23. The Hall–Kier alpha value is 0.0397. The van der Waals surface area contributed by atoms with E-state index in [1.807, 2.05) is 0 Å². The third kappa shape index (κ3) is 21.8. The van der Waals surface area contributed by atoms with Gasteiger partial charge in [0.15, 0.2) is 0 Å². The fourth-order valence-corrected chi connectivity index (χ4v) is 0.514. The van der Waals surface area contributed by atoms with Gasteiger partial charge in [-0.25, -0.2) is 0 Å². The molecule has 0 heterocycles. The van der Waals surface area contributed by atoms with Gasteiger partial charge in [0, 0.05) is 24.8 Å². The Morgan fingerprint density at radius 3 is 1.18 bits per heavy atom. The van der Waals surface area contributed by atoms with Gasteiger partial charge in [0.25, 0.3) is 0 Å². The molecule has 4 N–H and O–H groups in total. The van der Waals surface area contributed by atoms with Gasteiger partial charge in [-0.2, -0.15) is 0 Å². The number of hydrogen-bond donors (Lipinski definition) is 4. The number of aliphatic carboxylic acids is 2. The van der Waals surface area contributed by atoms with Crippen molar-refractivity contribution in [2.24, 2.45) is 0 Å². The maximum atomic E-state index is 9.59. The molecule has 0 aliphatic heterocycles. The van der Waals surface area contributed by atoms with E-state index in [0.717, 1.165) is 0 Å². The molecule has 0 aliphatic rings. The van der Waals surface area contributed by atoms with Crippen molar-refractivity contribution < 1.29 is 40.2 Å². The normalized spacial score (nSPS) is 12.5. The van der Waals surface area contributed by atoms with Crippen LogP contribution >= 0.6 is 0 Å². The van der Waals surface area contributed by atoms with E-state index in [-0.39, 0.29) is 37.7 Å². The molecule has 0 aromatic rings. The van der Waals surface area contributed by atoms with Crippen LogP contribution < -0.4 is 10.2 Å². The molecule has 0 saturated heterocycles. The first-order valence-corrected chi connectivity index (χ1v) is 4.31. The summed E-state index contributed by atoms with van der Waals surface area (Å²) in [5.41, 5.74) is 0. The Bertz CT molecular complexity index is 188. The number of carboxylic acid groups (broad SMARTS) is 2. The van der Waals surface area contributed by atoms with Crippen LogP contribution in [-0.2, 0) is 9.59 Å². The van der Waals surface area contributed by atoms with E-state index >= 15 is 0 Å². The van der Waals surface area contributed by atoms with Crippen LogP contribution in [-0.4, -0.2) is 95.5 Å². The summed E-state index contributed by atoms with van der Waals surface area (Å²) in [6.07, 6.45) is -3.37. The summed E-state index contributed by atoms with van der Waals surface area (Å²) in [7, 11) is 0. The van der Waals surface area contributed by atoms with Crippen molar-refractivity contribution in [1.82, 2.24) is 0 Å². The summed E-state index contributed by atoms with van der Waals surface area (Å²) in [6.45, 7) is -1.07. The molecule has 0 aromatic heterocycles. The molecule has 0 spiro atoms. The molecule has 0 saturated carbocycles. The minimum Gasteiger partial charge on any atom is -0.550 e. The van der Waals surface area contributed by atoms with Crippen LogP contribution in [0.2, 0.25) is 0 Å². The summed E-state index contributed by atoms with van der Waals surface area (Å²) in [6, 6.07) is 0. The zero-order valence-electron chi connectivity index (χ0n) is 9.11. The van der Waals surface area contributed by atoms with E-state index in [1.165, 1.54) is 0 Å². The maximum Gasteiger partial charge on any atom is 2.00 e. The van der Waals surface area contributed by atoms with E-state index in [2.05, 4.69) is 0 Å². The second kappa shape index (κ2) is 14.1. The monoisotopic (exact) mass is 278 g/mol. The molecule has 0 rings (SSSR count). The molecular formula is C8H14CaO8. The van der Waals surface area contributed by atoms with Crippen LogP contribution in [0, 0.1) is 0 Å². The van der Waals surface area contributed by atoms with Crippen LogP contribution in [0.15, 0.2) is 0 Å². The van der Waals surface area contributed by atoms with Gasteiger partial charge in [-0.15, -0.1) is 0 Å². The largest absolute Gasteiger partial charge is 2.00 e. The SMILES string of the molecule is O=C([O-])C[C@H](O)CO.O=C([O-])C[C@H](O)CO.[Ca+2]. The van der Waals surface area contributed by atoms with Crippen LogP contribution in [0.25, 0.3) is 0 Å². The Kier molecular flexibility index (Phi) is 18.4. The first kappa shape index (κ1) is 22.2. The van der Waals surface area contributed by atoms with Gasteiger partial charge in [0.05, 0.1) is 25.4 Å². The molecule has 0 fully saturated rings. The molecule has 0 unspecified atom stereocenters. The van der Waals surface area contributed by atoms with Gasteiger partial charge in [-0.3, -0.25) is 0 Å². The number of carboxylic acids is 2. The summed E-state index contributed by atoms with van der Waals surface area (Å²) in [5.74, 6) is -2.71. The number of hydrogen-bond acceptors (Lipinski definition) is 8. The van der Waals surface area contributed by atoms with Gasteiger partial charge in [0.2, 0.25) is 0 Å². The second-order valence-electron chi connectivity index (χ2n) is 2.83. The molecule has 0 aromatic carbocycles. The molecule has 0 aliphatic carbocycles. The van der Waals surface area contributed by atoms with Crippen LogP contribution in [0.4, 0.5) is 0 Å². The van der Waals surface area contributed by atoms with Crippen molar-refractivity contribution in [3.63, 3.8) is 0 Å². The standard InChI is InChI=1S/2C4H8O4.Ca/c2*5-2-3(6)1-4(7)8;/h2*3,5-6H,1-2H2,(H,7,8);/q;;+2/p-2/t2*3-;/m00./s1. The summed E-state index contributed by atoms with van der Waals surface area (Å²) < 4.78 is 0. The van der Waals surface area contributed by atoms with Crippen molar-refractivity contribution in [2.75, 3.05) is 13.2 Å². The molecule has 17 heavy (non-hydrogen) atoms. The van der Waals surface area contributed by atoms with E-state index < -0.39 is 50.2 Å². The van der Waals surface area contributed by atoms with Gasteiger partial charge in [0.1, 0.15) is 0 Å². The van der Waals surface area contributed by atoms with E-state index in [0.29, 0.717) is 0 Å². The summed E-state index contributed by atoms with van der Waals surface area (Å²) in [5, 5.41) is 52.0. The average molecular weight is 278 g/mol. The molecule has 8 nitrogen and oxygen atoms in total. The predicted octanol–water partition coefficient (Wildman–Crippen LogP) is -5.42. The van der Waals surface area contributed by atoms with E-state index in [1.54, 1.807) is 0 Å². The predicted molar refractivity (Wildman–Crippen MR) is 51.2 cm³/mol. The topological polar surface area (TPSA) is 161 Å². The van der Waals surface area contributed by atoms with Crippen molar-refractivity contribution in [3.05, 3.63) is 0 Å². The first-order chi connectivity index (χ1) is 7.33. The average Bonchev–Trinajstić information content (AvgIpc) is 2.16. The molecule has 2 atom stereocenters. The molecule has 96 valence electrons. The van der Waals surface area contributed by atoms with Crippen LogP contribution in [0.3, 0.4) is 0 Å². The number of rotatable bonds is 6. The zero-order valence-corrected chi connectivity index (χ0v) is 11.3. The van der Waals surface area contributed by atoms with Gasteiger partial charge < -0.3 is 40.2 Å². The second-order valence-corrected chi connectivity index (χ2v) is 2.83. The van der Waals surface area contributed by atoms with Crippen molar-refractivity contribution >= 4 is 49.7 Å². The number of aliphatic hydroxyl groups is 4. The summed E-state index contributed by atoms with van der Waals surface area (Å²) in [4.78, 5) is 19.2. The van der Waals surface area contributed by atoms with Crippen molar-refractivity contribution in [1.29, 1.82) is 0 Å². The number of carbonyl (C=O) groups excluding carboxylic acids is 2. The molecule has 0 amide bonds. The Morgan fingerprint density at radius 2 is 1.12 bits per heavy atom. The van der Waals surface area contributed by atoms with Crippen LogP contribution in [0.1, 0.15) is 12.8 Å². The Morgan fingerprint density at radius 1 is 0.882 bits per heavy atom. The quantitative estimate of drug-likeness (QED) is 0.350. The molecule has 0 radical (unpaired) electrons. The maximum absolute atomic E-state index is 9.59. The molecular weight excluding hydrogens is 264 g/mol. The number of carbonyl (C=O) groups is 2. The van der Waals surface area contributed by atoms with Crippen molar-refractivity contribution in [3.8, 4) is 0 Å². The van der Waals surface area contributed by atoms with Gasteiger partial charge >= 0.3 is 37.7 Å². The Balaban J connectivity index is -0.000000218. The van der Waals surface area contributed by atoms with Gasteiger partial charge in [-0.1, -0.05) is 0 Å². The summed E-state index contributed by atoms with van der Waals surface area (Å²) >= 11 is 0. The van der Waals surface area contributed by atoms with Gasteiger partial charge in [-0.05, 0) is 0 Å². The van der Waals surface area contributed by atoms with Crippen LogP contribution in [0.5, 0.6) is 0 Å². The smallest absolute Gasteiger partial charge is 0.550 e. The minimum atomic E-state index is -1.36.